The molecule has 0 saturated carbocycles. The van der Waals surface area contributed by atoms with Crippen molar-refractivity contribution in [3.63, 3.8) is 0 Å². The fourth-order valence-corrected chi connectivity index (χ4v) is 2.05. The lowest BCUT2D eigenvalue weighted by Crippen LogP contribution is -2.11. The van der Waals surface area contributed by atoms with Crippen LogP contribution in [0.3, 0.4) is 0 Å². The molecule has 22 heavy (non-hydrogen) atoms. The maximum Gasteiger partial charge on any atom is 0.142 e. The molecule has 0 fully saturated rings. The number of benzene rings is 2. The van der Waals surface area contributed by atoms with E-state index in [9.17, 15) is 0 Å². The second-order valence-corrected chi connectivity index (χ2v) is 5.01. The van der Waals surface area contributed by atoms with Gasteiger partial charge >= 0.3 is 0 Å². The topological polar surface area (TPSA) is 56.5 Å². The molecule has 3 N–H and O–H groups in total. The third kappa shape index (κ3) is 4.88. The molecule has 0 atom stereocenters. The van der Waals surface area contributed by atoms with Gasteiger partial charge in [-0.1, -0.05) is 37.6 Å². The van der Waals surface area contributed by atoms with Crippen molar-refractivity contribution in [2.24, 2.45) is 0 Å². The van der Waals surface area contributed by atoms with Crippen LogP contribution in [0.15, 0.2) is 48.5 Å². The normalized spacial score (nSPS) is 10.2. The Labute approximate surface area is 132 Å². The van der Waals surface area contributed by atoms with Gasteiger partial charge in [0.1, 0.15) is 24.7 Å². The summed E-state index contributed by atoms with van der Waals surface area (Å²) >= 11 is 0. The quantitative estimate of drug-likeness (QED) is 0.544. The van der Waals surface area contributed by atoms with Crippen LogP contribution in [0, 0.1) is 0 Å². The summed E-state index contributed by atoms with van der Waals surface area (Å²) < 4.78 is 11.4. The Morgan fingerprint density at radius 1 is 0.909 bits per heavy atom. The van der Waals surface area contributed by atoms with E-state index < -0.39 is 0 Å². The average molecular weight is 300 g/mol. The lowest BCUT2D eigenvalue weighted by molar-refractivity contribution is 0.218. The summed E-state index contributed by atoms with van der Waals surface area (Å²) in [6, 6.07) is 15.4. The van der Waals surface area contributed by atoms with Crippen LogP contribution in [0.1, 0.15) is 19.8 Å². The highest BCUT2D eigenvalue weighted by atomic mass is 16.5. The molecule has 0 spiro atoms. The molecule has 0 amide bonds. The van der Waals surface area contributed by atoms with Gasteiger partial charge in [-0.2, -0.15) is 0 Å². The number of anilines is 2. The maximum atomic E-state index is 5.83. The van der Waals surface area contributed by atoms with Gasteiger partial charge in [0.05, 0.1) is 11.4 Å². The van der Waals surface area contributed by atoms with Gasteiger partial charge in [0.15, 0.2) is 0 Å². The number of rotatable bonds is 9. The zero-order valence-electron chi connectivity index (χ0n) is 13.0. The van der Waals surface area contributed by atoms with Crippen LogP contribution < -0.4 is 20.5 Å². The van der Waals surface area contributed by atoms with Crippen LogP contribution in [0.2, 0.25) is 0 Å². The number of nitrogens with two attached hydrogens (primary N) is 1. The molecule has 0 aliphatic rings. The molecule has 0 aromatic heterocycles. The molecule has 2 rings (SSSR count). The summed E-state index contributed by atoms with van der Waals surface area (Å²) in [5.41, 5.74) is 7.50. The second-order valence-electron chi connectivity index (χ2n) is 5.01. The molecular weight excluding hydrogens is 276 g/mol. The van der Waals surface area contributed by atoms with Crippen LogP contribution in [0.4, 0.5) is 11.4 Å². The second kappa shape index (κ2) is 8.82. The highest BCUT2D eigenvalue weighted by molar-refractivity contribution is 5.56. The molecule has 0 aliphatic heterocycles. The number of nitrogen functional groups attached to an aromatic ring is 1. The average Bonchev–Trinajstić information content (AvgIpc) is 2.54. The van der Waals surface area contributed by atoms with Crippen LogP contribution in [0.25, 0.3) is 0 Å². The van der Waals surface area contributed by atoms with E-state index in [2.05, 4.69) is 12.2 Å². The summed E-state index contributed by atoms with van der Waals surface area (Å²) in [4.78, 5) is 0. The van der Waals surface area contributed by atoms with Crippen molar-refractivity contribution in [3.8, 4) is 11.5 Å². The summed E-state index contributed by atoms with van der Waals surface area (Å²) in [5.74, 6) is 1.55. The van der Waals surface area contributed by atoms with Gasteiger partial charge in [-0.3, -0.25) is 0 Å². The monoisotopic (exact) mass is 300 g/mol. The molecule has 2 aromatic rings. The Bertz CT molecular complexity index is 573. The minimum Gasteiger partial charge on any atom is -0.488 e. The first kappa shape index (κ1) is 16.0. The third-order valence-corrected chi connectivity index (χ3v) is 3.25. The lowest BCUT2D eigenvalue weighted by atomic mass is 10.2. The predicted octanol–water partition coefficient (Wildman–Crippen LogP) is 3.94. The van der Waals surface area contributed by atoms with E-state index in [0.717, 1.165) is 24.4 Å². The van der Waals surface area contributed by atoms with Gasteiger partial charge in [0.2, 0.25) is 0 Å². The minimum absolute atomic E-state index is 0.456. The van der Waals surface area contributed by atoms with Crippen molar-refractivity contribution in [3.05, 3.63) is 48.5 Å². The summed E-state index contributed by atoms with van der Waals surface area (Å²) in [6.07, 6.45) is 2.31. The first-order valence-electron chi connectivity index (χ1n) is 7.74. The first-order chi connectivity index (χ1) is 10.8. The highest BCUT2D eigenvalue weighted by Crippen LogP contribution is 2.24. The molecule has 0 saturated heterocycles. The van der Waals surface area contributed by atoms with Crippen LogP contribution in [0.5, 0.6) is 11.5 Å². The predicted molar refractivity (Wildman–Crippen MR) is 91.7 cm³/mol. The van der Waals surface area contributed by atoms with E-state index in [-0.39, 0.29) is 0 Å². The van der Waals surface area contributed by atoms with E-state index in [0.29, 0.717) is 24.7 Å². The number of hydrogen-bond donors (Lipinski definition) is 2. The Kier molecular flexibility index (Phi) is 6.42. The molecule has 0 radical (unpaired) electrons. The molecule has 0 heterocycles. The number of para-hydroxylation sites is 4. The number of ether oxygens (including phenoxy) is 2. The van der Waals surface area contributed by atoms with E-state index in [1.54, 1.807) is 0 Å². The lowest BCUT2D eigenvalue weighted by Gasteiger charge is -2.14. The maximum absolute atomic E-state index is 5.83. The summed E-state index contributed by atoms with van der Waals surface area (Å²) in [5, 5.41) is 3.40. The summed E-state index contributed by atoms with van der Waals surface area (Å²) in [7, 11) is 0. The Balaban J connectivity index is 1.80. The fraction of sp³-hybridized carbons (Fsp3) is 0.333. The summed E-state index contributed by atoms with van der Waals surface area (Å²) in [6.45, 7) is 4.06. The molecule has 118 valence electrons. The zero-order valence-corrected chi connectivity index (χ0v) is 13.0. The fourth-order valence-electron chi connectivity index (χ4n) is 2.05. The molecule has 0 bridgehead atoms. The number of nitrogens with one attached hydrogen (secondary N) is 1. The number of unbranched alkanes of at least 4 members (excludes halogenated alkanes) is 1. The minimum atomic E-state index is 0.456. The number of hydrogen-bond acceptors (Lipinski definition) is 4. The van der Waals surface area contributed by atoms with Crippen LogP contribution >= 0.6 is 0 Å². The van der Waals surface area contributed by atoms with Crippen molar-refractivity contribution in [2.45, 2.75) is 19.8 Å². The van der Waals surface area contributed by atoms with Gasteiger partial charge < -0.3 is 20.5 Å². The van der Waals surface area contributed by atoms with Gasteiger partial charge in [-0.05, 0) is 30.7 Å². The van der Waals surface area contributed by atoms with E-state index in [1.165, 1.54) is 6.42 Å². The van der Waals surface area contributed by atoms with Crippen molar-refractivity contribution in [1.29, 1.82) is 0 Å². The third-order valence-electron chi connectivity index (χ3n) is 3.25. The highest BCUT2D eigenvalue weighted by Gasteiger charge is 2.03. The van der Waals surface area contributed by atoms with Crippen molar-refractivity contribution >= 4 is 11.4 Å². The van der Waals surface area contributed by atoms with E-state index in [4.69, 9.17) is 15.2 Å². The van der Waals surface area contributed by atoms with E-state index >= 15 is 0 Å². The van der Waals surface area contributed by atoms with E-state index in [1.807, 2.05) is 48.5 Å². The molecule has 4 heteroatoms. The SMILES string of the molecule is CCCCNc1ccccc1OCCOc1ccccc1N. The van der Waals surface area contributed by atoms with Gasteiger partial charge in [-0.25, -0.2) is 0 Å². The van der Waals surface area contributed by atoms with Crippen molar-refractivity contribution in [1.82, 2.24) is 0 Å². The van der Waals surface area contributed by atoms with Crippen molar-refractivity contribution in [2.75, 3.05) is 30.8 Å². The zero-order chi connectivity index (χ0) is 15.6. The molecule has 0 unspecified atom stereocenters. The van der Waals surface area contributed by atoms with Gasteiger partial charge in [0, 0.05) is 6.54 Å². The smallest absolute Gasteiger partial charge is 0.142 e. The van der Waals surface area contributed by atoms with Crippen LogP contribution in [-0.2, 0) is 0 Å². The van der Waals surface area contributed by atoms with Gasteiger partial charge in [0.25, 0.3) is 0 Å². The molecule has 4 nitrogen and oxygen atoms in total. The molecular formula is C18H24N2O2. The molecule has 2 aromatic carbocycles. The largest absolute Gasteiger partial charge is 0.488 e. The first-order valence-corrected chi connectivity index (χ1v) is 7.74. The Morgan fingerprint density at radius 3 is 2.27 bits per heavy atom. The standard InChI is InChI=1S/C18H24N2O2/c1-2-3-12-20-16-9-5-7-11-18(16)22-14-13-21-17-10-6-4-8-15(17)19/h4-11,20H,2-3,12-14,19H2,1H3. The Hall–Kier alpha value is -2.36. The van der Waals surface area contributed by atoms with Gasteiger partial charge in [-0.15, -0.1) is 0 Å². The van der Waals surface area contributed by atoms with Crippen LogP contribution in [-0.4, -0.2) is 19.8 Å². The Morgan fingerprint density at radius 2 is 1.55 bits per heavy atom. The van der Waals surface area contributed by atoms with Crippen molar-refractivity contribution < 1.29 is 9.47 Å². The molecule has 0 aliphatic carbocycles.